The number of esters is 1. The average Bonchev–Trinajstić information content (AvgIpc) is 2.37. The summed E-state index contributed by atoms with van der Waals surface area (Å²) in [5, 5.41) is 11.8. The number of aryl methyl sites for hydroxylation is 1. The molecule has 5 nitrogen and oxygen atoms in total. The Morgan fingerprint density at radius 2 is 2.06 bits per heavy atom. The van der Waals surface area contributed by atoms with Gasteiger partial charge in [0.2, 0.25) is 5.91 Å². The van der Waals surface area contributed by atoms with Crippen molar-refractivity contribution in [2.45, 2.75) is 19.4 Å². The molecular formula is C13H17NO4. The second-order valence-corrected chi connectivity index (χ2v) is 3.95. The molecule has 0 aliphatic rings. The summed E-state index contributed by atoms with van der Waals surface area (Å²) in [6.07, 6.45) is -1.10. The molecule has 1 atom stereocenters. The van der Waals surface area contributed by atoms with E-state index in [1.54, 1.807) is 0 Å². The highest BCUT2D eigenvalue weighted by Crippen LogP contribution is 2.07. The fourth-order valence-corrected chi connectivity index (χ4v) is 1.47. The van der Waals surface area contributed by atoms with E-state index in [-0.39, 0.29) is 18.9 Å². The Bertz CT molecular complexity index is 431. The van der Waals surface area contributed by atoms with Crippen LogP contribution in [0.5, 0.6) is 0 Å². The number of rotatable bonds is 5. The lowest BCUT2D eigenvalue weighted by Crippen LogP contribution is -2.37. The first kappa shape index (κ1) is 14.2. The standard InChI is InChI=1S/C13H17NO4/c1-9-5-3-4-6-10(9)7-12(16)14-8-11(15)13(17)18-2/h3-6,11,15H,7-8H2,1-2H3,(H,14,16). The summed E-state index contributed by atoms with van der Waals surface area (Å²) in [5.41, 5.74) is 1.95. The quantitative estimate of drug-likeness (QED) is 0.732. The summed E-state index contributed by atoms with van der Waals surface area (Å²) in [4.78, 5) is 22.5. The van der Waals surface area contributed by atoms with Gasteiger partial charge >= 0.3 is 5.97 Å². The van der Waals surface area contributed by atoms with Crippen LogP contribution in [0, 0.1) is 6.92 Å². The molecule has 0 aliphatic carbocycles. The van der Waals surface area contributed by atoms with Crippen LogP contribution >= 0.6 is 0 Å². The molecule has 0 fully saturated rings. The van der Waals surface area contributed by atoms with E-state index in [1.807, 2.05) is 31.2 Å². The fourth-order valence-electron chi connectivity index (χ4n) is 1.47. The Hall–Kier alpha value is -1.88. The van der Waals surface area contributed by atoms with E-state index in [2.05, 4.69) is 10.1 Å². The van der Waals surface area contributed by atoms with Gasteiger partial charge in [0.05, 0.1) is 20.1 Å². The molecule has 0 radical (unpaired) electrons. The third-order valence-corrected chi connectivity index (χ3v) is 2.58. The molecule has 5 heteroatoms. The molecule has 1 aromatic rings. The number of carbonyl (C=O) groups is 2. The summed E-state index contributed by atoms with van der Waals surface area (Å²) in [6.45, 7) is 1.78. The first-order valence-electron chi connectivity index (χ1n) is 5.61. The third kappa shape index (κ3) is 4.18. The predicted octanol–water partition coefficient (Wildman–Crippen LogP) is 0.188. The maximum Gasteiger partial charge on any atom is 0.336 e. The molecule has 0 aliphatic heterocycles. The molecule has 0 bridgehead atoms. The van der Waals surface area contributed by atoms with Crippen LogP contribution in [0.3, 0.4) is 0 Å². The van der Waals surface area contributed by atoms with Gasteiger partial charge in [0, 0.05) is 0 Å². The van der Waals surface area contributed by atoms with Crippen molar-refractivity contribution in [3.8, 4) is 0 Å². The van der Waals surface area contributed by atoms with Crippen LogP contribution in [0.25, 0.3) is 0 Å². The highest BCUT2D eigenvalue weighted by atomic mass is 16.5. The molecule has 0 heterocycles. The number of ether oxygens (including phenoxy) is 1. The molecular weight excluding hydrogens is 234 g/mol. The smallest absolute Gasteiger partial charge is 0.336 e. The van der Waals surface area contributed by atoms with Crippen LogP contribution in [0.2, 0.25) is 0 Å². The normalized spacial score (nSPS) is 11.7. The summed E-state index contributed by atoms with van der Waals surface area (Å²) >= 11 is 0. The van der Waals surface area contributed by atoms with Crippen molar-refractivity contribution in [1.29, 1.82) is 0 Å². The zero-order valence-corrected chi connectivity index (χ0v) is 10.5. The fraction of sp³-hybridized carbons (Fsp3) is 0.385. The van der Waals surface area contributed by atoms with Gasteiger partial charge in [-0.3, -0.25) is 4.79 Å². The largest absolute Gasteiger partial charge is 0.467 e. The molecule has 0 saturated carbocycles. The first-order valence-corrected chi connectivity index (χ1v) is 5.61. The van der Waals surface area contributed by atoms with Crippen molar-refractivity contribution in [1.82, 2.24) is 5.32 Å². The zero-order chi connectivity index (χ0) is 13.5. The number of carbonyl (C=O) groups excluding carboxylic acids is 2. The number of aliphatic hydroxyl groups excluding tert-OH is 1. The summed E-state index contributed by atoms with van der Waals surface area (Å²) in [7, 11) is 1.18. The van der Waals surface area contributed by atoms with Gasteiger partial charge in [0.1, 0.15) is 0 Å². The van der Waals surface area contributed by atoms with Crippen LogP contribution in [0.1, 0.15) is 11.1 Å². The number of methoxy groups -OCH3 is 1. The van der Waals surface area contributed by atoms with E-state index in [9.17, 15) is 14.7 Å². The molecule has 1 unspecified atom stereocenters. The Morgan fingerprint density at radius 1 is 1.39 bits per heavy atom. The van der Waals surface area contributed by atoms with Crippen LogP contribution in [-0.2, 0) is 20.7 Å². The maximum atomic E-state index is 11.6. The van der Waals surface area contributed by atoms with Crippen molar-refractivity contribution in [2.75, 3.05) is 13.7 Å². The molecule has 0 aromatic heterocycles. The molecule has 0 spiro atoms. The SMILES string of the molecule is COC(=O)C(O)CNC(=O)Cc1ccccc1C. The number of hydrogen-bond acceptors (Lipinski definition) is 4. The number of benzene rings is 1. The minimum atomic E-state index is -1.32. The summed E-state index contributed by atoms with van der Waals surface area (Å²) in [6, 6.07) is 7.55. The van der Waals surface area contributed by atoms with Crippen molar-refractivity contribution in [3.05, 3.63) is 35.4 Å². The van der Waals surface area contributed by atoms with E-state index in [1.165, 1.54) is 7.11 Å². The van der Waals surface area contributed by atoms with E-state index >= 15 is 0 Å². The highest BCUT2D eigenvalue weighted by Gasteiger charge is 2.16. The van der Waals surface area contributed by atoms with E-state index in [0.29, 0.717) is 0 Å². The molecule has 18 heavy (non-hydrogen) atoms. The van der Waals surface area contributed by atoms with Gasteiger partial charge in [0.15, 0.2) is 6.10 Å². The van der Waals surface area contributed by atoms with Gasteiger partial charge in [-0.15, -0.1) is 0 Å². The van der Waals surface area contributed by atoms with Crippen molar-refractivity contribution < 1.29 is 19.4 Å². The molecule has 0 saturated heterocycles. The van der Waals surface area contributed by atoms with Gasteiger partial charge in [-0.05, 0) is 18.1 Å². The highest BCUT2D eigenvalue weighted by molar-refractivity contribution is 5.80. The summed E-state index contributed by atoms with van der Waals surface area (Å²) < 4.78 is 4.34. The number of hydrogen-bond donors (Lipinski definition) is 2. The monoisotopic (exact) mass is 251 g/mol. The Labute approximate surface area is 106 Å². The average molecular weight is 251 g/mol. The minimum Gasteiger partial charge on any atom is -0.467 e. The third-order valence-electron chi connectivity index (χ3n) is 2.58. The second-order valence-electron chi connectivity index (χ2n) is 3.95. The first-order chi connectivity index (χ1) is 8.54. The lowest BCUT2D eigenvalue weighted by molar-refractivity contribution is -0.150. The van der Waals surface area contributed by atoms with Gasteiger partial charge in [-0.25, -0.2) is 4.79 Å². The van der Waals surface area contributed by atoms with Gasteiger partial charge in [-0.2, -0.15) is 0 Å². The van der Waals surface area contributed by atoms with Gasteiger partial charge in [-0.1, -0.05) is 24.3 Å². The molecule has 98 valence electrons. The topological polar surface area (TPSA) is 75.6 Å². The lowest BCUT2D eigenvalue weighted by Gasteiger charge is -2.10. The van der Waals surface area contributed by atoms with Crippen molar-refractivity contribution in [2.24, 2.45) is 0 Å². The Kier molecular flexibility index (Phi) is 5.32. The minimum absolute atomic E-state index is 0.141. The van der Waals surface area contributed by atoms with E-state index in [0.717, 1.165) is 11.1 Å². The van der Waals surface area contributed by atoms with Gasteiger partial charge < -0.3 is 15.2 Å². The zero-order valence-electron chi connectivity index (χ0n) is 10.5. The van der Waals surface area contributed by atoms with Crippen molar-refractivity contribution in [3.63, 3.8) is 0 Å². The van der Waals surface area contributed by atoms with Crippen LogP contribution in [0.15, 0.2) is 24.3 Å². The van der Waals surface area contributed by atoms with Crippen molar-refractivity contribution >= 4 is 11.9 Å². The molecule has 1 rings (SSSR count). The molecule has 1 amide bonds. The molecule has 2 N–H and O–H groups in total. The molecule has 1 aromatic carbocycles. The van der Waals surface area contributed by atoms with Crippen LogP contribution in [-0.4, -0.2) is 36.7 Å². The summed E-state index contributed by atoms with van der Waals surface area (Å²) in [5.74, 6) is -1.00. The Balaban J connectivity index is 2.43. The number of aliphatic hydroxyl groups is 1. The number of nitrogens with one attached hydrogen (secondary N) is 1. The Morgan fingerprint density at radius 3 is 2.67 bits per heavy atom. The van der Waals surface area contributed by atoms with Crippen LogP contribution in [0.4, 0.5) is 0 Å². The second kappa shape index (κ2) is 6.76. The van der Waals surface area contributed by atoms with Crippen LogP contribution < -0.4 is 5.32 Å². The van der Waals surface area contributed by atoms with Gasteiger partial charge in [0.25, 0.3) is 0 Å². The number of amides is 1. The van der Waals surface area contributed by atoms with E-state index < -0.39 is 12.1 Å². The maximum absolute atomic E-state index is 11.6. The van der Waals surface area contributed by atoms with E-state index in [4.69, 9.17) is 0 Å². The lowest BCUT2D eigenvalue weighted by atomic mass is 10.1. The predicted molar refractivity (Wildman–Crippen MR) is 65.9 cm³/mol.